The average molecular weight is 351 g/mol. The van der Waals surface area contributed by atoms with Crippen molar-refractivity contribution >= 4 is 21.6 Å². The van der Waals surface area contributed by atoms with Gasteiger partial charge in [-0.3, -0.25) is 0 Å². The summed E-state index contributed by atoms with van der Waals surface area (Å²) in [5.41, 5.74) is 8.10. The van der Waals surface area contributed by atoms with Crippen LogP contribution in [0.3, 0.4) is 0 Å². The van der Waals surface area contributed by atoms with Crippen molar-refractivity contribution < 1.29 is 20.9 Å². The van der Waals surface area contributed by atoms with Gasteiger partial charge in [0.1, 0.15) is 12.9 Å². The molecule has 0 bridgehead atoms. The van der Waals surface area contributed by atoms with Crippen LogP contribution >= 0.6 is 15.9 Å². The van der Waals surface area contributed by atoms with Crippen LogP contribution in [0.2, 0.25) is 0 Å². The van der Waals surface area contributed by atoms with Crippen molar-refractivity contribution in [3.8, 4) is 5.75 Å². The number of phenolic OH excluding ortho intramolecular Hbond substituents is 1. The lowest BCUT2D eigenvalue weighted by molar-refractivity contribution is 0.212. The summed E-state index contributed by atoms with van der Waals surface area (Å²) in [6, 6.07) is 3.69. The smallest absolute Gasteiger partial charge is 0.134 e. The van der Waals surface area contributed by atoms with E-state index >= 15 is 0 Å². The molecule has 0 atom stereocenters. The molecule has 0 saturated heterocycles. The molecule has 1 aromatic carbocycles. The van der Waals surface area contributed by atoms with Gasteiger partial charge in [-0.25, -0.2) is 0 Å². The first-order valence-corrected chi connectivity index (χ1v) is 6.75. The molecule has 116 valence electrons. The van der Waals surface area contributed by atoms with Crippen molar-refractivity contribution in [3.05, 3.63) is 27.7 Å². The van der Waals surface area contributed by atoms with Gasteiger partial charge in [0.2, 0.25) is 0 Å². The number of unbranched alkanes of at least 4 members (excludes halogenated alkanes) is 1. The van der Waals surface area contributed by atoms with E-state index in [0.717, 1.165) is 30.5 Å². The van der Waals surface area contributed by atoms with Gasteiger partial charge in [0.15, 0.2) is 0 Å². The van der Waals surface area contributed by atoms with Crippen LogP contribution in [0.1, 0.15) is 37.3 Å². The van der Waals surface area contributed by atoms with Crippen molar-refractivity contribution in [1.29, 1.82) is 0 Å². The number of hydrogen-bond acceptors (Lipinski definition) is 4. The Balaban J connectivity index is 0. The predicted octanol–water partition coefficient (Wildman–Crippen LogP) is 1.50. The van der Waals surface area contributed by atoms with Gasteiger partial charge in [-0.05, 0) is 40.9 Å². The Kier molecular flexibility index (Phi) is 11.2. The lowest BCUT2D eigenvalue weighted by atomic mass is 10.0. The molecule has 0 amide bonds. The molecule has 1 aromatic rings. The van der Waals surface area contributed by atoms with Crippen molar-refractivity contribution in [1.82, 2.24) is 0 Å². The second-order valence-electron chi connectivity index (χ2n) is 3.99. The largest absolute Gasteiger partial charge is 0.506 e. The quantitative estimate of drug-likeness (QED) is 0.595. The Hall–Kier alpha value is -1.15. The molecule has 0 aliphatic heterocycles. The van der Waals surface area contributed by atoms with E-state index in [1.165, 1.54) is 7.11 Å². The fraction of sp³-hybridized carbons (Fsp3) is 0.462. The maximum atomic E-state index is 9.81. The number of nitrogens with two attached hydrogens (primary N) is 1. The van der Waals surface area contributed by atoms with Crippen LogP contribution < -0.4 is 5.73 Å². The van der Waals surface area contributed by atoms with Crippen LogP contribution in [0.15, 0.2) is 21.8 Å². The van der Waals surface area contributed by atoms with Crippen LogP contribution in [0.25, 0.3) is 0 Å². The van der Waals surface area contributed by atoms with Crippen molar-refractivity contribution in [3.63, 3.8) is 0 Å². The second kappa shape index (κ2) is 10.6. The highest BCUT2D eigenvalue weighted by Crippen LogP contribution is 2.30. The Morgan fingerprint density at radius 2 is 2.05 bits per heavy atom. The number of oxime groups is 1. The molecule has 0 aliphatic rings. The fourth-order valence-electron chi connectivity index (χ4n) is 1.68. The van der Waals surface area contributed by atoms with Gasteiger partial charge < -0.3 is 26.6 Å². The van der Waals surface area contributed by atoms with E-state index in [2.05, 4.69) is 28.0 Å². The number of nitrogens with zero attached hydrogens (tertiary/aromatic N) is 1. The minimum atomic E-state index is 0. The molecule has 7 heteroatoms. The molecule has 0 saturated carbocycles. The molecule has 0 aromatic heterocycles. The third-order valence-corrected chi connectivity index (χ3v) is 3.27. The van der Waals surface area contributed by atoms with Crippen molar-refractivity contribution in [2.75, 3.05) is 7.11 Å². The highest BCUT2D eigenvalue weighted by atomic mass is 79.9. The highest BCUT2D eigenvalue weighted by Gasteiger charge is 2.11. The van der Waals surface area contributed by atoms with E-state index in [9.17, 15) is 5.11 Å². The number of halogens is 1. The molecule has 0 heterocycles. The number of rotatable bonds is 6. The zero-order valence-electron chi connectivity index (χ0n) is 11.7. The fourth-order valence-corrected chi connectivity index (χ4v) is 2.18. The number of hydrogen-bond donors (Lipinski definition) is 2. The van der Waals surface area contributed by atoms with Crippen LogP contribution in [0, 0.1) is 0 Å². The Morgan fingerprint density at radius 1 is 1.40 bits per heavy atom. The SMILES string of the molecule is CCCCC(=NOC)c1cc(Br)c(O)c(CN)c1.O.O. The summed E-state index contributed by atoms with van der Waals surface area (Å²) in [5.74, 6) is 0.188. The Labute approximate surface area is 127 Å². The van der Waals surface area contributed by atoms with Gasteiger partial charge in [-0.2, -0.15) is 0 Å². The Morgan fingerprint density at radius 3 is 2.55 bits per heavy atom. The topological polar surface area (TPSA) is 131 Å². The van der Waals surface area contributed by atoms with Gasteiger partial charge in [-0.1, -0.05) is 18.5 Å². The predicted molar refractivity (Wildman–Crippen MR) is 84.0 cm³/mol. The van der Waals surface area contributed by atoms with Crippen LogP contribution in [-0.4, -0.2) is 28.9 Å². The van der Waals surface area contributed by atoms with E-state index in [-0.39, 0.29) is 23.2 Å². The summed E-state index contributed by atoms with van der Waals surface area (Å²) in [6.07, 6.45) is 2.97. The van der Waals surface area contributed by atoms with E-state index in [1.807, 2.05) is 12.1 Å². The van der Waals surface area contributed by atoms with Gasteiger partial charge in [0.05, 0.1) is 10.2 Å². The molecule has 6 nitrogen and oxygen atoms in total. The monoisotopic (exact) mass is 350 g/mol. The van der Waals surface area contributed by atoms with Crippen LogP contribution in [0.5, 0.6) is 5.75 Å². The zero-order chi connectivity index (χ0) is 13.5. The summed E-state index contributed by atoms with van der Waals surface area (Å²) >= 11 is 3.32. The normalized spacial score (nSPS) is 10.5. The number of benzene rings is 1. The lowest BCUT2D eigenvalue weighted by Crippen LogP contribution is -2.05. The maximum absolute atomic E-state index is 9.81. The van der Waals surface area contributed by atoms with E-state index in [4.69, 9.17) is 10.6 Å². The van der Waals surface area contributed by atoms with E-state index < -0.39 is 0 Å². The number of phenols is 1. The standard InChI is InChI=1S/C13H19BrN2O2.2H2O/c1-3-4-5-12(16-18-2)9-6-10(8-15)13(17)11(14)7-9;;/h6-7,17H,3-5,8,15H2,1-2H3;2*1H2. The maximum Gasteiger partial charge on any atom is 0.134 e. The summed E-state index contributed by atoms with van der Waals surface area (Å²) in [5, 5.41) is 13.9. The van der Waals surface area contributed by atoms with Crippen molar-refractivity contribution in [2.24, 2.45) is 10.9 Å². The molecule has 7 N–H and O–H groups in total. The minimum Gasteiger partial charge on any atom is -0.506 e. The summed E-state index contributed by atoms with van der Waals surface area (Å²) < 4.78 is 0.626. The minimum absolute atomic E-state index is 0. The van der Waals surface area contributed by atoms with Crippen molar-refractivity contribution in [2.45, 2.75) is 32.7 Å². The first kappa shape index (κ1) is 21.2. The lowest BCUT2D eigenvalue weighted by Gasteiger charge is -2.10. The molecule has 0 unspecified atom stereocenters. The molecule has 0 fully saturated rings. The van der Waals surface area contributed by atoms with Crippen LogP contribution in [-0.2, 0) is 11.4 Å². The van der Waals surface area contributed by atoms with E-state index in [1.54, 1.807) is 0 Å². The van der Waals surface area contributed by atoms with Gasteiger partial charge >= 0.3 is 0 Å². The molecular formula is C13H23BrN2O4. The third-order valence-electron chi connectivity index (χ3n) is 2.66. The van der Waals surface area contributed by atoms with Gasteiger partial charge in [-0.15, -0.1) is 0 Å². The van der Waals surface area contributed by atoms with Gasteiger partial charge in [0.25, 0.3) is 0 Å². The average Bonchev–Trinajstić information content (AvgIpc) is 2.37. The first-order valence-electron chi connectivity index (χ1n) is 5.95. The third kappa shape index (κ3) is 5.46. The summed E-state index contributed by atoms with van der Waals surface area (Å²) in [6.45, 7) is 2.41. The summed E-state index contributed by atoms with van der Waals surface area (Å²) in [4.78, 5) is 4.88. The highest BCUT2D eigenvalue weighted by molar-refractivity contribution is 9.10. The van der Waals surface area contributed by atoms with Gasteiger partial charge in [0, 0.05) is 17.7 Å². The summed E-state index contributed by atoms with van der Waals surface area (Å²) in [7, 11) is 1.53. The number of aromatic hydroxyl groups is 1. The first-order chi connectivity index (χ1) is 8.63. The molecule has 20 heavy (non-hydrogen) atoms. The van der Waals surface area contributed by atoms with Crippen LogP contribution in [0.4, 0.5) is 0 Å². The Bertz CT molecular complexity index is 439. The molecule has 0 radical (unpaired) electrons. The molecule has 0 spiro atoms. The molecule has 1 rings (SSSR count). The zero-order valence-corrected chi connectivity index (χ0v) is 13.3. The molecular weight excluding hydrogens is 328 g/mol. The molecule has 0 aliphatic carbocycles. The second-order valence-corrected chi connectivity index (χ2v) is 4.85. The van der Waals surface area contributed by atoms with E-state index in [0.29, 0.717) is 10.0 Å².